The highest BCUT2D eigenvalue weighted by molar-refractivity contribution is 6.06. The molecule has 3 heterocycles. The first kappa shape index (κ1) is 14.6. The lowest BCUT2D eigenvalue weighted by Crippen LogP contribution is -2.31. The molecule has 1 saturated heterocycles. The van der Waals surface area contributed by atoms with Gasteiger partial charge in [-0.3, -0.25) is 4.79 Å². The predicted molar refractivity (Wildman–Crippen MR) is 86.3 cm³/mol. The van der Waals surface area contributed by atoms with Crippen LogP contribution < -0.4 is 5.32 Å². The van der Waals surface area contributed by atoms with Gasteiger partial charge in [0, 0.05) is 24.8 Å². The molecule has 2 aromatic heterocycles. The van der Waals surface area contributed by atoms with Gasteiger partial charge in [0.25, 0.3) is 11.6 Å². The van der Waals surface area contributed by atoms with Gasteiger partial charge < -0.3 is 14.7 Å². The third-order valence-corrected chi connectivity index (χ3v) is 4.92. The molecule has 0 aromatic carbocycles. The van der Waals surface area contributed by atoms with Crippen LogP contribution in [0.1, 0.15) is 41.0 Å². The van der Waals surface area contributed by atoms with Crippen LogP contribution in [0.25, 0.3) is 11.1 Å². The van der Waals surface area contributed by atoms with E-state index in [4.69, 9.17) is 4.52 Å². The normalized spacial score (nSPS) is 21.9. The number of rotatable bonds is 4. The van der Waals surface area contributed by atoms with Crippen molar-refractivity contribution in [1.82, 2.24) is 20.4 Å². The van der Waals surface area contributed by atoms with E-state index in [0.717, 1.165) is 30.2 Å². The number of amides is 1. The van der Waals surface area contributed by atoms with Gasteiger partial charge in [0.1, 0.15) is 0 Å². The lowest BCUT2D eigenvalue weighted by molar-refractivity contribution is 0.0948. The average Bonchev–Trinajstić information content (AvgIpc) is 3.17. The number of aryl methyl sites for hydroxylation is 2. The number of hydrogen-bond donors (Lipinski definition) is 1. The van der Waals surface area contributed by atoms with E-state index in [-0.39, 0.29) is 5.91 Å². The number of aromatic nitrogens is 2. The van der Waals surface area contributed by atoms with Crippen molar-refractivity contribution in [2.24, 2.45) is 5.92 Å². The van der Waals surface area contributed by atoms with Crippen molar-refractivity contribution in [3.63, 3.8) is 0 Å². The molecule has 23 heavy (non-hydrogen) atoms. The van der Waals surface area contributed by atoms with E-state index in [1.165, 1.54) is 25.8 Å². The second kappa shape index (κ2) is 5.60. The summed E-state index contributed by atoms with van der Waals surface area (Å²) in [6, 6.07) is 2.63. The van der Waals surface area contributed by atoms with E-state index in [2.05, 4.69) is 20.4 Å². The fourth-order valence-electron chi connectivity index (χ4n) is 3.53. The van der Waals surface area contributed by atoms with Gasteiger partial charge >= 0.3 is 0 Å². The number of pyridine rings is 1. The van der Waals surface area contributed by atoms with Crippen molar-refractivity contribution in [3.05, 3.63) is 23.0 Å². The molecule has 122 valence electrons. The molecule has 1 aliphatic carbocycles. The minimum Gasteiger partial charge on any atom is -0.352 e. The van der Waals surface area contributed by atoms with Crippen LogP contribution in [0.15, 0.2) is 10.6 Å². The zero-order chi connectivity index (χ0) is 16.0. The largest absolute Gasteiger partial charge is 0.352 e. The maximum Gasteiger partial charge on any atom is 0.258 e. The quantitative estimate of drug-likeness (QED) is 0.935. The molecule has 2 aromatic rings. The standard InChI is InChI=1S/C17H22N4O2/c1-10-7-14(15-11(2)20-23-17(15)19-10)16(22)18-8-12-5-6-21(9-12)13-3-4-13/h7,12-13H,3-6,8-9H2,1-2H3,(H,18,22). The molecular formula is C17H22N4O2. The van der Waals surface area contributed by atoms with Crippen molar-refractivity contribution < 1.29 is 9.32 Å². The number of carbonyl (C=O) groups is 1. The Labute approximate surface area is 135 Å². The van der Waals surface area contributed by atoms with Crippen LogP contribution in [0.5, 0.6) is 0 Å². The predicted octanol–water partition coefficient (Wildman–Crippen LogP) is 2.05. The number of likely N-dealkylation sites (tertiary alicyclic amines) is 1. The summed E-state index contributed by atoms with van der Waals surface area (Å²) < 4.78 is 5.20. The molecule has 1 atom stereocenters. The van der Waals surface area contributed by atoms with E-state index in [9.17, 15) is 4.79 Å². The number of fused-ring (bicyclic) bond motifs is 1. The van der Waals surface area contributed by atoms with Crippen molar-refractivity contribution in [2.45, 2.75) is 39.2 Å². The average molecular weight is 314 g/mol. The summed E-state index contributed by atoms with van der Waals surface area (Å²) in [6.07, 6.45) is 3.87. The van der Waals surface area contributed by atoms with Gasteiger partial charge in [-0.1, -0.05) is 5.16 Å². The number of nitrogens with zero attached hydrogens (tertiary/aromatic N) is 3. The molecule has 1 unspecified atom stereocenters. The lowest BCUT2D eigenvalue weighted by atomic mass is 10.1. The molecule has 1 aliphatic heterocycles. The molecule has 2 aliphatic rings. The van der Waals surface area contributed by atoms with Gasteiger partial charge in [-0.15, -0.1) is 0 Å². The summed E-state index contributed by atoms with van der Waals surface area (Å²) in [6.45, 7) is 6.72. The summed E-state index contributed by atoms with van der Waals surface area (Å²) in [4.78, 5) is 19.5. The van der Waals surface area contributed by atoms with Gasteiger partial charge in [-0.05, 0) is 51.6 Å². The van der Waals surface area contributed by atoms with Crippen molar-refractivity contribution in [3.8, 4) is 0 Å². The molecule has 0 spiro atoms. The van der Waals surface area contributed by atoms with E-state index < -0.39 is 0 Å². The first-order valence-electron chi connectivity index (χ1n) is 8.37. The van der Waals surface area contributed by atoms with Crippen LogP contribution in [-0.4, -0.2) is 46.6 Å². The summed E-state index contributed by atoms with van der Waals surface area (Å²) in [5.41, 5.74) is 2.52. The number of hydrogen-bond acceptors (Lipinski definition) is 5. The minimum absolute atomic E-state index is 0.0586. The monoisotopic (exact) mass is 314 g/mol. The molecule has 2 fully saturated rings. The fourth-order valence-corrected chi connectivity index (χ4v) is 3.53. The SMILES string of the molecule is Cc1cc(C(=O)NCC2CCN(C3CC3)C2)c2c(C)noc2n1. The summed E-state index contributed by atoms with van der Waals surface area (Å²) in [7, 11) is 0. The topological polar surface area (TPSA) is 71.3 Å². The minimum atomic E-state index is -0.0586. The molecule has 1 N–H and O–H groups in total. The zero-order valence-corrected chi connectivity index (χ0v) is 13.6. The number of nitrogens with one attached hydrogen (secondary N) is 1. The van der Waals surface area contributed by atoms with E-state index >= 15 is 0 Å². The van der Waals surface area contributed by atoms with Crippen LogP contribution in [0.2, 0.25) is 0 Å². The molecule has 6 heteroatoms. The smallest absolute Gasteiger partial charge is 0.258 e. The van der Waals surface area contributed by atoms with Crippen LogP contribution in [-0.2, 0) is 0 Å². The van der Waals surface area contributed by atoms with Crippen molar-refractivity contribution in [1.29, 1.82) is 0 Å². The fraction of sp³-hybridized carbons (Fsp3) is 0.588. The van der Waals surface area contributed by atoms with Crippen molar-refractivity contribution >= 4 is 17.0 Å². The van der Waals surface area contributed by atoms with E-state index in [1.54, 1.807) is 0 Å². The van der Waals surface area contributed by atoms with Crippen LogP contribution in [0.4, 0.5) is 0 Å². The Kier molecular flexibility index (Phi) is 3.56. The second-order valence-corrected chi connectivity index (χ2v) is 6.85. The molecule has 1 amide bonds. The Morgan fingerprint density at radius 1 is 1.39 bits per heavy atom. The lowest BCUT2D eigenvalue weighted by Gasteiger charge is -2.15. The van der Waals surface area contributed by atoms with Gasteiger partial charge in [-0.25, -0.2) is 4.98 Å². The Bertz CT molecular complexity index is 750. The third-order valence-electron chi connectivity index (χ3n) is 4.92. The molecule has 6 nitrogen and oxygen atoms in total. The summed E-state index contributed by atoms with van der Waals surface area (Å²) >= 11 is 0. The van der Waals surface area contributed by atoms with Crippen molar-refractivity contribution in [2.75, 3.05) is 19.6 Å². The molecule has 4 rings (SSSR count). The first-order chi connectivity index (χ1) is 11.1. The van der Waals surface area contributed by atoms with Crippen LogP contribution in [0.3, 0.4) is 0 Å². The Morgan fingerprint density at radius 2 is 2.22 bits per heavy atom. The Morgan fingerprint density at radius 3 is 3.00 bits per heavy atom. The van der Waals surface area contributed by atoms with Gasteiger partial charge in [0.15, 0.2) is 0 Å². The second-order valence-electron chi connectivity index (χ2n) is 6.85. The zero-order valence-electron chi connectivity index (χ0n) is 13.6. The maximum atomic E-state index is 12.6. The van der Waals surface area contributed by atoms with E-state index in [0.29, 0.717) is 22.9 Å². The first-order valence-corrected chi connectivity index (χ1v) is 8.37. The Hall–Kier alpha value is -1.95. The maximum absolute atomic E-state index is 12.6. The van der Waals surface area contributed by atoms with Crippen LogP contribution >= 0.6 is 0 Å². The van der Waals surface area contributed by atoms with Gasteiger partial charge in [0.2, 0.25) is 0 Å². The molecule has 0 bridgehead atoms. The summed E-state index contributed by atoms with van der Waals surface area (Å²) in [5, 5.41) is 7.75. The highest BCUT2D eigenvalue weighted by atomic mass is 16.5. The number of carbonyl (C=O) groups excluding carboxylic acids is 1. The van der Waals surface area contributed by atoms with Gasteiger partial charge in [-0.2, -0.15) is 0 Å². The molecular weight excluding hydrogens is 292 g/mol. The molecule has 0 radical (unpaired) electrons. The highest BCUT2D eigenvalue weighted by Gasteiger charge is 2.34. The molecule has 1 saturated carbocycles. The van der Waals surface area contributed by atoms with E-state index in [1.807, 2.05) is 19.9 Å². The van der Waals surface area contributed by atoms with Crippen LogP contribution in [0, 0.1) is 19.8 Å². The highest BCUT2D eigenvalue weighted by Crippen LogP contribution is 2.31. The summed E-state index contributed by atoms with van der Waals surface area (Å²) in [5.74, 6) is 0.498. The Balaban J connectivity index is 1.46. The third kappa shape index (κ3) is 2.83. The van der Waals surface area contributed by atoms with Gasteiger partial charge in [0.05, 0.1) is 16.6 Å².